The molecule has 0 spiro atoms. The summed E-state index contributed by atoms with van der Waals surface area (Å²) >= 11 is 7.68. The number of benzene rings is 1. The van der Waals surface area contributed by atoms with Gasteiger partial charge in [0, 0.05) is 47.7 Å². The van der Waals surface area contributed by atoms with E-state index in [1.807, 2.05) is 43.5 Å². The number of aromatic nitrogens is 2. The first-order chi connectivity index (χ1) is 13.5. The number of nitrogens with one attached hydrogen (secondary N) is 1. The second-order valence-electron chi connectivity index (χ2n) is 6.65. The molecule has 3 heterocycles. The number of anilines is 2. The molecule has 7 nitrogen and oxygen atoms in total. The Labute approximate surface area is 171 Å². The molecule has 28 heavy (non-hydrogen) atoms. The summed E-state index contributed by atoms with van der Waals surface area (Å²) in [4.78, 5) is 21.2. The van der Waals surface area contributed by atoms with Crippen molar-refractivity contribution in [2.45, 2.75) is 13.8 Å². The second-order valence-corrected chi connectivity index (χ2v) is 7.93. The molecule has 2 aromatic heterocycles. The largest absolute Gasteiger partial charge is 0.345 e. The van der Waals surface area contributed by atoms with Gasteiger partial charge >= 0.3 is 6.03 Å². The number of carbonyl (C=O) groups excluding carboxylic acids is 1. The molecule has 0 atom stereocenters. The van der Waals surface area contributed by atoms with Gasteiger partial charge in [-0.2, -0.15) is 0 Å². The highest BCUT2D eigenvalue weighted by atomic mass is 35.5. The Morgan fingerprint density at radius 2 is 2.04 bits per heavy atom. The molecule has 9 heteroatoms. The van der Waals surface area contributed by atoms with Gasteiger partial charge in [0.25, 0.3) is 0 Å². The number of hydrogen-bond acceptors (Lipinski definition) is 6. The Bertz CT molecular complexity index is 994. The monoisotopic (exact) mass is 417 g/mol. The fraction of sp³-hybridized carbons (Fsp3) is 0.316. The summed E-state index contributed by atoms with van der Waals surface area (Å²) in [6, 6.07) is 7.52. The number of aryl methyl sites for hydroxylation is 1. The minimum atomic E-state index is -0.169. The van der Waals surface area contributed by atoms with Crippen LogP contribution in [0.5, 0.6) is 0 Å². The normalized spacial score (nSPS) is 14.4. The third-order valence-electron chi connectivity index (χ3n) is 4.83. The molecule has 1 aromatic carbocycles. The van der Waals surface area contributed by atoms with E-state index in [0.29, 0.717) is 24.0 Å². The van der Waals surface area contributed by atoms with Gasteiger partial charge in [-0.1, -0.05) is 28.9 Å². The lowest BCUT2D eigenvalue weighted by atomic mass is 10.2. The highest BCUT2D eigenvalue weighted by Crippen LogP contribution is 2.29. The summed E-state index contributed by atoms with van der Waals surface area (Å²) in [5.74, 6) is 0.413. The van der Waals surface area contributed by atoms with Gasteiger partial charge in [-0.05, 0) is 26.0 Å². The van der Waals surface area contributed by atoms with E-state index in [2.05, 4.69) is 15.4 Å². The molecule has 4 rings (SSSR count). The van der Waals surface area contributed by atoms with Crippen LogP contribution in [-0.2, 0) is 0 Å². The molecule has 1 fully saturated rings. The van der Waals surface area contributed by atoms with Crippen LogP contribution in [0.1, 0.15) is 11.3 Å². The summed E-state index contributed by atoms with van der Waals surface area (Å²) in [5, 5.41) is 10.4. The topological polar surface area (TPSA) is 74.5 Å². The van der Waals surface area contributed by atoms with Gasteiger partial charge in [0.2, 0.25) is 5.88 Å². The van der Waals surface area contributed by atoms with Crippen molar-refractivity contribution >= 4 is 40.0 Å². The summed E-state index contributed by atoms with van der Waals surface area (Å²) < 4.78 is 5.16. The number of hydrogen-bond donors (Lipinski definition) is 1. The molecular weight excluding hydrogens is 398 g/mol. The van der Waals surface area contributed by atoms with Crippen LogP contribution in [0.4, 0.5) is 15.8 Å². The minimum Gasteiger partial charge on any atom is -0.345 e. The summed E-state index contributed by atoms with van der Waals surface area (Å²) in [6.07, 6.45) is 0. The number of rotatable bonds is 3. The van der Waals surface area contributed by atoms with Crippen molar-refractivity contribution in [1.29, 1.82) is 0 Å². The average molecular weight is 418 g/mol. The molecule has 1 saturated heterocycles. The first-order valence-corrected chi connectivity index (χ1v) is 10.2. The molecule has 1 aliphatic rings. The Morgan fingerprint density at radius 3 is 2.71 bits per heavy atom. The molecule has 0 radical (unpaired) electrons. The van der Waals surface area contributed by atoms with Crippen molar-refractivity contribution in [3.8, 4) is 11.3 Å². The first kappa shape index (κ1) is 18.8. The van der Waals surface area contributed by atoms with Crippen molar-refractivity contribution in [3.05, 3.63) is 45.9 Å². The average Bonchev–Trinajstić information content (AvgIpc) is 3.31. The standard InChI is InChI=1S/C19H20ClN5O2S/c1-12-13(2)23-27-17(12)22-18(26)24-6-8-25(9-7-24)19-21-16(11-28-19)14-4-3-5-15(20)10-14/h3-5,10-11H,6-9H2,1-2H3,(H,22,26). The molecule has 1 aliphatic heterocycles. The van der Waals surface area contributed by atoms with Gasteiger partial charge < -0.3 is 14.3 Å². The summed E-state index contributed by atoms with van der Waals surface area (Å²) in [5.41, 5.74) is 3.55. The minimum absolute atomic E-state index is 0.169. The zero-order valence-corrected chi connectivity index (χ0v) is 17.2. The Kier molecular flexibility index (Phi) is 5.23. The molecule has 146 valence electrons. The van der Waals surface area contributed by atoms with Crippen molar-refractivity contribution in [3.63, 3.8) is 0 Å². The van der Waals surface area contributed by atoms with Gasteiger partial charge in [0.1, 0.15) is 0 Å². The summed E-state index contributed by atoms with van der Waals surface area (Å²) in [7, 11) is 0. The zero-order valence-electron chi connectivity index (χ0n) is 15.6. The fourth-order valence-corrected chi connectivity index (χ4v) is 4.08. The van der Waals surface area contributed by atoms with E-state index in [1.165, 1.54) is 0 Å². The Morgan fingerprint density at radius 1 is 1.25 bits per heavy atom. The lowest BCUT2D eigenvalue weighted by Gasteiger charge is -2.34. The third kappa shape index (κ3) is 3.83. The fourth-order valence-electron chi connectivity index (χ4n) is 3.00. The maximum atomic E-state index is 12.5. The molecular formula is C19H20ClN5O2S. The molecule has 0 saturated carbocycles. The van der Waals surface area contributed by atoms with Gasteiger partial charge in [-0.25, -0.2) is 9.78 Å². The van der Waals surface area contributed by atoms with Crippen LogP contribution in [0.15, 0.2) is 34.2 Å². The van der Waals surface area contributed by atoms with E-state index in [4.69, 9.17) is 21.1 Å². The highest BCUT2D eigenvalue weighted by Gasteiger charge is 2.24. The first-order valence-electron chi connectivity index (χ1n) is 8.96. The van der Waals surface area contributed by atoms with Crippen LogP contribution in [-0.4, -0.2) is 47.3 Å². The number of thiazole rings is 1. The van der Waals surface area contributed by atoms with E-state index in [0.717, 1.165) is 40.7 Å². The molecule has 3 aromatic rings. The van der Waals surface area contributed by atoms with E-state index >= 15 is 0 Å². The van der Waals surface area contributed by atoms with Crippen molar-refractivity contribution < 1.29 is 9.32 Å². The Hall–Kier alpha value is -2.58. The van der Waals surface area contributed by atoms with Crippen molar-refractivity contribution in [2.75, 3.05) is 36.4 Å². The van der Waals surface area contributed by atoms with Crippen LogP contribution in [0.3, 0.4) is 0 Å². The Balaban J connectivity index is 1.36. The molecule has 0 aliphatic carbocycles. The van der Waals surface area contributed by atoms with Crippen LogP contribution in [0.2, 0.25) is 5.02 Å². The molecule has 0 unspecified atom stereocenters. The van der Waals surface area contributed by atoms with E-state index in [9.17, 15) is 4.79 Å². The quantitative estimate of drug-likeness (QED) is 0.682. The third-order valence-corrected chi connectivity index (χ3v) is 5.96. The maximum Gasteiger partial charge on any atom is 0.324 e. The second kappa shape index (κ2) is 7.81. The van der Waals surface area contributed by atoms with Crippen LogP contribution in [0.25, 0.3) is 11.3 Å². The van der Waals surface area contributed by atoms with Crippen molar-refractivity contribution in [2.24, 2.45) is 0 Å². The highest BCUT2D eigenvalue weighted by molar-refractivity contribution is 7.14. The van der Waals surface area contributed by atoms with Gasteiger partial charge in [0.15, 0.2) is 5.13 Å². The predicted octanol–water partition coefficient (Wildman–Crippen LogP) is 4.42. The molecule has 0 bridgehead atoms. The van der Waals surface area contributed by atoms with Crippen LogP contribution in [0, 0.1) is 13.8 Å². The van der Waals surface area contributed by atoms with E-state index in [1.54, 1.807) is 16.2 Å². The van der Waals surface area contributed by atoms with E-state index < -0.39 is 0 Å². The van der Waals surface area contributed by atoms with Crippen LogP contribution < -0.4 is 10.2 Å². The number of urea groups is 1. The van der Waals surface area contributed by atoms with Gasteiger partial charge in [-0.3, -0.25) is 5.32 Å². The number of amides is 2. The van der Waals surface area contributed by atoms with Crippen LogP contribution >= 0.6 is 22.9 Å². The van der Waals surface area contributed by atoms with E-state index in [-0.39, 0.29) is 6.03 Å². The SMILES string of the molecule is Cc1noc(NC(=O)N2CCN(c3nc(-c4cccc(Cl)c4)cs3)CC2)c1C. The number of piperazine rings is 1. The molecule has 1 N–H and O–H groups in total. The molecule has 2 amide bonds. The lowest BCUT2D eigenvalue weighted by Crippen LogP contribution is -2.50. The smallest absolute Gasteiger partial charge is 0.324 e. The summed E-state index contributed by atoms with van der Waals surface area (Å²) in [6.45, 7) is 6.40. The zero-order chi connectivity index (χ0) is 19.7. The van der Waals surface area contributed by atoms with Crippen molar-refractivity contribution in [1.82, 2.24) is 15.0 Å². The lowest BCUT2D eigenvalue weighted by molar-refractivity contribution is 0.207. The van der Waals surface area contributed by atoms with Gasteiger partial charge in [0.05, 0.1) is 11.4 Å². The predicted molar refractivity (Wildman–Crippen MR) is 111 cm³/mol. The number of nitrogens with zero attached hydrogens (tertiary/aromatic N) is 4. The van der Waals surface area contributed by atoms with Gasteiger partial charge in [-0.15, -0.1) is 11.3 Å². The number of carbonyl (C=O) groups is 1. The maximum absolute atomic E-state index is 12.5. The number of halogens is 1.